The lowest BCUT2D eigenvalue weighted by Gasteiger charge is -2.17. The Kier molecular flexibility index (Phi) is 4.49. The standard InChI is InChI=1S/C13H17BrN2O4/c1-16(12(19)9-2-3-10(14)20-9)6-11(18)15-7-13(8-17)4-5-13/h2-3,17H,4-8H2,1H3,(H,15,18). The summed E-state index contributed by atoms with van der Waals surface area (Å²) in [5, 5.41) is 11.9. The number of hydrogen-bond donors (Lipinski definition) is 2. The van der Waals surface area contributed by atoms with E-state index in [1.165, 1.54) is 11.9 Å². The van der Waals surface area contributed by atoms with Crippen molar-refractivity contribution in [3.05, 3.63) is 22.6 Å². The summed E-state index contributed by atoms with van der Waals surface area (Å²) in [5.41, 5.74) is -0.135. The van der Waals surface area contributed by atoms with Crippen LogP contribution in [0.2, 0.25) is 0 Å². The molecule has 0 aliphatic heterocycles. The maximum Gasteiger partial charge on any atom is 0.289 e. The predicted octanol–water partition coefficient (Wildman–Crippen LogP) is 1.00. The van der Waals surface area contributed by atoms with Crippen LogP contribution in [0.15, 0.2) is 21.2 Å². The van der Waals surface area contributed by atoms with Crippen molar-refractivity contribution in [2.75, 3.05) is 26.7 Å². The maximum absolute atomic E-state index is 12.0. The number of likely N-dealkylation sites (N-methyl/N-ethyl adjacent to an activating group) is 1. The van der Waals surface area contributed by atoms with Gasteiger partial charge in [-0.3, -0.25) is 9.59 Å². The molecule has 0 spiro atoms. The molecule has 1 heterocycles. The minimum absolute atomic E-state index is 0.0430. The van der Waals surface area contributed by atoms with Gasteiger partial charge in [0.2, 0.25) is 5.91 Å². The van der Waals surface area contributed by atoms with Gasteiger partial charge >= 0.3 is 0 Å². The van der Waals surface area contributed by atoms with Gasteiger partial charge in [-0.05, 0) is 40.9 Å². The fourth-order valence-electron chi connectivity index (χ4n) is 1.81. The first-order chi connectivity index (χ1) is 9.46. The molecule has 0 aromatic carbocycles. The van der Waals surface area contributed by atoms with Gasteiger partial charge in [-0.25, -0.2) is 0 Å². The van der Waals surface area contributed by atoms with Crippen molar-refractivity contribution in [1.82, 2.24) is 10.2 Å². The highest BCUT2D eigenvalue weighted by atomic mass is 79.9. The fourth-order valence-corrected chi connectivity index (χ4v) is 2.12. The highest BCUT2D eigenvalue weighted by molar-refractivity contribution is 9.10. The zero-order valence-corrected chi connectivity index (χ0v) is 12.8. The average Bonchev–Trinajstić information content (AvgIpc) is 3.09. The second-order valence-electron chi connectivity index (χ2n) is 5.20. The van der Waals surface area contributed by atoms with Crippen LogP contribution in [0, 0.1) is 5.41 Å². The number of nitrogens with zero attached hydrogens (tertiary/aromatic N) is 1. The number of hydrogen-bond acceptors (Lipinski definition) is 4. The van der Waals surface area contributed by atoms with Gasteiger partial charge in [0.25, 0.3) is 5.91 Å². The highest BCUT2D eigenvalue weighted by Crippen LogP contribution is 2.44. The van der Waals surface area contributed by atoms with E-state index in [9.17, 15) is 9.59 Å². The molecule has 0 saturated heterocycles. The molecule has 0 atom stereocenters. The Morgan fingerprint density at radius 2 is 2.20 bits per heavy atom. The summed E-state index contributed by atoms with van der Waals surface area (Å²) in [6.07, 6.45) is 1.86. The van der Waals surface area contributed by atoms with Gasteiger partial charge in [0.15, 0.2) is 10.4 Å². The first-order valence-electron chi connectivity index (χ1n) is 6.34. The van der Waals surface area contributed by atoms with Crippen molar-refractivity contribution >= 4 is 27.7 Å². The number of nitrogens with one attached hydrogen (secondary N) is 1. The smallest absolute Gasteiger partial charge is 0.289 e. The van der Waals surface area contributed by atoms with E-state index in [-0.39, 0.29) is 36.1 Å². The van der Waals surface area contributed by atoms with Gasteiger partial charge in [0.05, 0.1) is 13.2 Å². The van der Waals surface area contributed by atoms with E-state index in [2.05, 4.69) is 21.2 Å². The lowest BCUT2D eigenvalue weighted by molar-refractivity contribution is -0.121. The van der Waals surface area contributed by atoms with Crippen LogP contribution in [0.25, 0.3) is 0 Å². The molecule has 7 heteroatoms. The molecule has 2 rings (SSSR count). The molecule has 1 aromatic heterocycles. The molecule has 2 amide bonds. The van der Waals surface area contributed by atoms with Crippen molar-refractivity contribution in [2.45, 2.75) is 12.8 Å². The molecule has 1 aliphatic rings. The molecular weight excluding hydrogens is 328 g/mol. The minimum atomic E-state index is -0.353. The molecule has 0 unspecified atom stereocenters. The summed E-state index contributed by atoms with van der Waals surface area (Å²) in [4.78, 5) is 25.0. The van der Waals surface area contributed by atoms with Crippen LogP contribution >= 0.6 is 15.9 Å². The Labute approximate surface area is 125 Å². The third-order valence-corrected chi connectivity index (χ3v) is 3.89. The number of furan rings is 1. The van der Waals surface area contributed by atoms with Gasteiger partial charge in [-0.15, -0.1) is 0 Å². The van der Waals surface area contributed by atoms with E-state index in [1.54, 1.807) is 12.1 Å². The van der Waals surface area contributed by atoms with E-state index < -0.39 is 0 Å². The second-order valence-corrected chi connectivity index (χ2v) is 5.98. The topological polar surface area (TPSA) is 82.8 Å². The number of carbonyl (C=O) groups excluding carboxylic acids is 2. The molecule has 20 heavy (non-hydrogen) atoms. The molecule has 6 nitrogen and oxygen atoms in total. The van der Waals surface area contributed by atoms with Crippen LogP contribution in [0.3, 0.4) is 0 Å². The van der Waals surface area contributed by atoms with Crippen LogP contribution in [0.5, 0.6) is 0 Å². The Morgan fingerprint density at radius 3 is 2.70 bits per heavy atom. The van der Waals surface area contributed by atoms with Gasteiger partial charge < -0.3 is 19.7 Å². The normalized spacial score (nSPS) is 15.8. The van der Waals surface area contributed by atoms with E-state index in [0.717, 1.165) is 12.8 Å². The van der Waals surface area contributed by atoms with Gasteiger partial charge in [-0.2, -0.15) is 0 Å². The zero-order valence-electron chi connectivity index (χ0n) is 11.2. The summed E-state index contributed by atoms with van der Waals surface area (Å²) in [7, 11) is 1.54. The zero-order chi connectivity index (χ0) is 14.8. The lowest BCUT2D eigenvalue weighted by atomic mass is 10.1. The fraction of sp³-hybridized carbons (Fsp3) is 0.538. The summed E-state index contributed by atoms with van der Waals surface area (Å²) >= 11 is 3.12. The third-order valence-electron chi connectivity index (χ3n) is 3.46. The largest absolute Gasteiger partial charge is 0.444 e. The number of carbonyl (C=O) groups is 2. The van der Waals surface area contributed by atoms with Crippen LogP contribution in [-0.2, 0) is 4.79 Å². The molecule has 1 aliphatic carbocycles. The average molecular weight is 345 g/mol. The van der Waals surface area contributed by atoms with Crippen molar-refractivity contribution in [1.29, 1.82) is 0 Å². The Hall–Kier alpha value is -1.34. The molecule has 110 valence electrons. The van der Waals surface area contributed by atoms with Gasteiger partial charge in [0.1, 0.15) is 0 Å². The number of aliphatic hydroxyl groups is 1. The number of amides is 2. The van der Waals surface area contributed by atoms with Gasteiger partial charge in [-0.1, -0.05) is 0 Å². The Bertz CT molecular complexity index is 510. The van der Waals surface area contributed by atoms with E-state index in [4.69, 9.17) is 9.52 Å². The molecule has 0 radical (unpaired) electrons. The minimum Gasteiger partial charge on any atom is -0.444 e. The summed E-state index contributed by atoms with van der Waals surface area (Å²) in [6.45, 7) is 0.498. The second kappa shape index (κ2) is 5.97. The highest BCUT2D eigenvalue weighted by Gasteiger charge is 2.42. The van der Waals surface area contributed by atoms with Crippen molar-refractivity contribution in [3.63, 3.8) is 0 Å². The SMILES string of the molecule is CN(CC(=O)NCC1(CO)CC1)C(=O)c1ccc(Br)o1. The lowest BCUT2D eigenvalue weighted by Crippen LogP contribution is -2.40. The van der Waals surface area contributed by atoms with Gasteiger partial charge in [0, 0.05) is 19.0 Å². The number of rotatable bonds is 6. The van der Waals surface area contributed by atoms with Crippen LogP contribution in [0.4, 0.5) is 0 Å². The predicted molar refractivity (Wildman–Crippen MR) is 75.1 cm³/mol. The number of halogens is 1. The first kappa shape index (κ1) is 15.1. The molecule has 1 fully saturated rings. The monoisotopic (exact) mass is 344 g/mol. The van der Waals surface area contributed by atoms with Crippen molar-refractivity contribution < 1.29 is 19.1 Å². The van der Waals surface area contributed by atoms with E-state index in [0.29, 0.717) is 11.2 Å². The quantitative estimate of drug-likeness (QED) is 0.806. The van der Waals surface area contributed by atoms with E-state index in [1.807, 2.05) is 0 Å². The first-order valence-corrected chi connectivity index (χ1v) is 7.13. The van der Waals surface area contributed by atoms with Crippen LogP contribution < -0.4 is 5.32 Å². The third kappa shape index (κ3) is 3.61. The molecule has 1 saturated carbocycles. The van der Waals surface area contributed by atoms with E-state index >= 15 is 0 Å². The molecule has 1 aromatic rings. The maximum atomic E-state index is 12.0. The Balaban J connectivity index is 1.80. The summed E-state index contributed by atoms with van der Waals surface area (Å²) in [6, 6.07) is 3.17. The van der Waals surface area contributed by atoms with Crippen molar-refractivity contribution in [2.24, 2.45) is 5.41 Å². The molecule has 0 bridgehead atoms. The van der Waals surface area contributed by atoms with Crippen LogP contribution in [0.1, 0.15) is 23.4 Å². The summed E-state index contributed by atoms with van der Waals surface area (Å²) in [5.74, 6) is -0.415. The molecule has 2 N–H and O–H groups in total. The number of aliphatic hydroxyl groups excluding tert-OH is 1. The van der Waals surface area contributed by atoms with Crippen LogP contribution in [-0.4, -0.2) is 48.6 Å². The Morgan fingerprint density at radius 1 is 1.50 bits per heavy atom. The molecular formula is C13H17BrN2O4. The van der Waals surface area contributed by atoms with Crippen molar-refractivity contribution in [3.8, 4) is 0 Å². The summed E-state index contributed by atoms with van der Waals surface area (Å²) < 4.78 is 5.62.